The molecule has 3 heteroatoms. The highest BCUT2D eigenvalue weighted by Crippen LogP contribution is 2.63. The highest BCUT2D eigenvalue weighted by molar-refractivity contribution is 5.20. The maximum Gasteiger partial charge on any atom is 0.0544 e. The van der Waals surface area contributed by atoms with Crippen molar-refractivity contribution >= 4 is 0 Å². The van der Waals surface area contributed by atoms with Crippen LogP contribution in [0.3, 0.4) is 0 Å². The van der Waals surface area contributed by atoms with E-state index in [1.165, 1.54) is 5.57 Å². The SMILES string of the molecule is C=C1CCC2[C@H](CO)C([C@@]3(C)CC[C@H](O)C[C@@H]3CO)CC[C@]12C. The molecular weight excluding hydrogens is 288 g/mol. The Labute approximate surface area is 140 Å². The molecule has 0 saturated heterocycles. The van der Waals surface area contributed by atoms with E-state index in [1.807, 2.05) is 0 Å². The Bertz CT molecular complexity index is 462. The summed E-state index contributed by atoms with van der Waals surface area (Å²) >= 11 is 0. The van der Waals surface area contributed by atoms with Crippen molar-refractivity contribution in [2.24, 2.45) is 34.5 Å². The third kappa shape index (κ3) is 2.60. The normalized spacial score (nSPS) is 50.8. The van der Waals surface area contributed by atoms with Crippen LogP contribution in [-0.2, 0) is 0 Å². The molecule has 3 aliphatic rings. The van der Waals surface area contributed by atoms with E-state index in [2.05, 4.69) is 20.4 Å². The van der Waals surface area contributed by atoms with Crippen molar-refractivity contribution in [3.8, 4) is 0 Å². The zero-order valence-electron chi connectivity index (χ0n) is 14.8. The van der Waals surface area contributed by atoms with Gasteiger partial charge in [-0.2, -0.15) is 0 Å². The molecule has 132 valence electrons. The van der Waals surface area contributed by atoms with Gasteiger partial charge in [-0.25, -0.2) is 0 Å². The van der Waals surface area contributed by atoms with Crippen molar-refractivity contribution in [2.45, 2.75) is 64.9 Å². The van der Waals surface area contributed by atoms with E-state index in [9.17, 15) is 15.3 Å². The van der Waals surface area contributed by atoms with Gasteiger partial charge < -0.3 is 15.3 Å². The molecule has 3 N–H and O–H groups in total. The molecule has 0 bridgehead atoms. The van der Waals surface area contributed by atoms with Crippen molar-refractivity contribution in [1.29, 1.82) is 0 Å². The summed E-state index contributed by atoms with van der Waals surface area (Å²) in [6, 6.07) is 0. The van der Waals surface area contributed by atoms with E-state index in [1.54, 1.807) is 0 Å². The Morgan fingerprint density at radius 2 is 1.78 bits per heavy atom. The minimum Gasteiger partial charge on any atom is -0.396 e. The molecule has 0 aromatic rings. The number of hydrogen-bond acceptors (Lipinski definition) is 3. The number of allylic oxidation sites excluding steroid dienone is 1. The van der Waals surface area contributed by atoms with Crippen molar-refractivity contribution in [3.63, 3.8) is 0 Å². The Hall–Kier alpha value is -0.380. The monoisotopic (exact) mass is 322 g/mol. The molecule has 3 rings (SSSR count). The van der Waals surface area contributed by atoms with Crippen LogP contribution in [0.25, 0.3) is 0 Å². The van der Waals surface area contributed by atoms with Gasteiger partial charge in [-0.3, -0.25) is 0 Å². The third-order valence-electron chi connectivity index (χ3n) is 8.18. The molecule has 2 unspecified atom stereocenters. The van der Waals surface area contributed by atoms with Gasteiger partial charge in [0.05, 0.1) is 6.10 Å². The maximum atomic E-state index is 10.2. The molecule has 0 spiro atoms. The van der Waals surface area contributed by atoms with E-state index in [0.29, 0.717) is 24.2 Å². The van der Waals surface area contributed by atoms with Crippen LogP contribution in [0.5, 0.6) is 0 Å². The first-order valence-electron chi connectivity index (χ1n) is 9.45. The Morgan fingerprint density at radius 3 is 2.43 bits per heavy atom. The van der Waals surface area contributed by atoms with Crippen LogP contribution in [-0.4, -0.2) is 34.6 Å². The van der Waals surface area contributed by atoms with Gasteiger partial charge in [0, 0.05) is 13.2 Å². The van der Waals surface area contributed by atoms with Crippen molar-refractivity contribution in [2.75, 3.05) is 13.2 Å². The van der Waals surface area contributed by atoms with Gasteiger partial charge in [-0.1, -0.05) is 26.0 Å². The Balaban J connectivity index is 1.89. The van der Waals surface area contributed by atoms with Gasteiger partial charge in [-0.05, 0) is 79.4 Å². The molecule has 3 aliphatic carbocycles. The fourth-order valence-electron chi connectivity index (χ4n) is 6.44. The van der Waals surface area contributed by atoms with Gasteiger partial charge >= 0.3 is 0 Å². The van der Waals surface area contributed by atoms with E-state index in [4.69, 9.17) is 0 Å². The summed E-state index contributed by atoms with van der Waals surface area (Å²) in [4.78, 5) is 0. The third-order valence-corrected chi connectivity index (χ3v) is 8.18. The van der Waals surface area contributed by atoms with Crippen molar-refractivity contribution in [3.05, 3.63) is 12.2 Å². The fraction of sp³-hybridized carbons (Fsp3) is 0.900. The topological polar surface area (TPSA) is 60.7 Å². The molecule has 0 aromatic carbocycles. The quantitative estimate of drug-likeness (QED) is 0.700. The molecule has 3 fully saturated rings. The molecule has 0 aliphatic heterocycles. The summed E-state index contributed by atoms with van der Waals surface area (Å²) in [5.41, 5.74) is 1.61. The molecule has 0 amide bonds. The summed E-state index contributed by atoms with van der Waals surface area (Å²) in [7, 11) is 0. The zero-order valence-corrected chi connectivity index (χ0v) is 14.8. The summed E-state index contributed by atoms with van der Waals surface area (Å²) in [5.74, 6) is 1.43. The Kier molecular flexibility index (Phi) is 4.67. The van der Waals surface area contributed by atoms with E-state index in [-0.39, 0.29) is 36.1 Å². The molecule has 0 heterocycles. The first-order valence-corrected chi connectivity index (χ1v) is 9.45. The van der Waals surface area contributed by atoms with E-state index < -0.39 is 0 Å². The number of rotatable bonds is 3. The maximum absolute atomic E-state index is 10.2. The van der Waals surface area contributed by atoms with Crippen molar-refractivity contribution < 1.29 is 15.3 Å². The predicted octanol–water partition coefficient (Wildman–Crippen LogP) is 3.14. The van der Waals surface area contributed by atoms with Crippen LogP contribution in [0.4, 0.5) is 0 Å². The highest BCUT2D eigenvalue weighted by Gasteiger charge is 2.56. The lowest BCUT2D eigenvalue weighted by molar-refractivity contribution is -0.104. The molecule has 3 saturated carbocycles. The minimum atomic E-state index is -0.270. The molecular formula is C20H34O3. The second kappa shape index (κ2) is 6.16. The van der Waals surface area contributed by atoms with Crippen LogP contribution in [0.1, 0.15) is 58.8 Å². The number of hydrogen-bond donors (Lipinski definition) is 3. The Morgan fingerprint density at radius 1 is 1.04 bits per heavy atom. The van der Waals surface area contributed by atoms with Gasteiger partial charge in [0.25, 0.3) is 0 Å². The lowest BCUT2D eigenvalue weighted by atomic mass is 9.49. The van der Waals surface area contributed by atoms with Gasteiger partial charge in [0.2, 0.25) is 0 Å². The standard InChI is InChI=1S/C20H34O3/c1-13-4-5-17-16(12-22)18(7-9-19(13,17)2)20(3)8-6-15(23)10-14(20)11-21/h14-18,21-23H,1,4-12H2,2-3H3/t14-,15+,16+,17?,18?,19-,20+/m1/s1. The fourth-order valence-corrected chi connectivity index (χ4v) is 6.44. The summed E-state index contributed by atoms with van der Waals surface area (Å²) in [6.45, 7) is 9.37. The second-order valence-corrected chi connectivity index (χ2v) is 8.97. The number of aliphatic hydroxyl groups is 3. The van der Waals surface area contributed by atoms with Crippen LogP contribution in [0, 0.1) is 34.5 Å². The number of aliphatic hydroxyl groups excluding tert-OH is 3. The summed E-state index contributed by atoms with van der Waals surface area (Å²) in [5, 5.41) is 30.2. The lowest BCUT2D eigenvalue weighted by Gasteiger charge is -2.56. The number of fused-ring (bicyclic) bond motifs is 1. The molecule has 0 radical (unpaired) electrons. The molecule has 23 heavy (non-hydrogen) atoms. The van der Waals surface area contributed by atoms with Crippen LogP contribution >= 0.6 is 0 Å². The first kappa shape index (κ1) is 17.4. The van der Waals surface area contributed by atoms with Gasteiger partial charge in [0.1, 0.15) is 0 Å². The van der Waals surface area contributed by atoms with Crippen molar-refractivity contribution in [1.82, 2.24) is 0 Å². The average molecular weight is 322 g/mol. The van der Waals surface area contributed by atoms with Gasteiger partial charge in [-0.15, -0.1) is 0 Å². The van der Waals surface area contributed by atoms with E-state index >= 15 is 0 Å². The van der Waals surface area contributed by atoms with E-state index in [0.717, 1.165) is 38.5 Å². The van der Waals surface area contributed by atoms with Crippen LogP contribution < -0.4 is 0 Å². The predicted molar refractivity (Wildman–Crippen MR) is 91.8 cm³/mol. The molecule has 3 nitrogen and oxygen atoms in total. The molecule has 0 aromatic heterocycles. The highest BCUT2D eigenvalue weighted by atomic mass is 16.3. The lowest BCUT2D eigenvalue weighted by Crippen LogP contribution is -2.52. The first-order chi connectivity index (χ1) is 10.9. The molecule has 7 atom stereocenters. The summed E-state index contributed by atoms with van der Waals surface area (Å²) in [6.07, 6.45) is 6.75. The zero-order chi connectivity index (χ0) is 16.8. The van der Waals surface area contributed by atoms with Crippen LogP contribution in [0.2, 0.25) is 0 Å². The summed E-state index contributed by atoms with van der Waals surface area (Å²) < 4.78 is 0. The largest absolute Gasteiger partial charge is 0.396 e. The van der Waals surface area contributed by atoms with Crippen LogP contribution in [0.15, 0.2) is 12.2 Å². The second-order valence-electron chi connectivity index (χ2n) is 8.97. The van der Waals surface area contributed by atoms with Gasteiger partial charge in [0.15, 0.2) is 0 Å². The smallest absolute Gasteiger partial charge is 0.0544 e. The average Bonchev–Trinajstić information content (AvgIpc) is 2.84. The minimum absolute atomic E-state index is 0.0344.